The molecule has 118 valence electrons. The van der Waals surface area contributed by atoms with E-state index in [0.29, 0.717) is 17.7 Å². The van der Waals surface area contributed by atoms with E-state index in [-0.39, 0.29) is 11.7 Å². The molecule has 0 radical (unpaired) electrons. The highest BCUT2D eigenvalue weighted by molar-refractivity contribution is 7.88. The van der Waals surface area contributed by atoms with Crippen LogP contribution in [0.5, 0.6) is 0 Å². The number of rotatable bonds is 7. The Kier molecular flexibility index (Phi) is 5.88. The van der Waals surface area contributed by atoms with Crippen LogP contribution >= 0.6 is 0 Å². The minimum atomic E-state index is -3.61. The van der Waals surface area contributed by atoms with Crippen LogP contribution in [-0.4, -0.2) is 26.4 Å². The van der Waals surface area contributed by atoms with Gasteiger partial charge in [-0.3, -0.25) is 4.79 Å². The molecule has 0 aliphatic carbocycles. The van der Waals surface area contributed by atoms with Crippen molar-refractivity contribution >= 4 is 15.9 Å². The van der Waals surface area contributed by atoms with Gasteiger partial charge in [0.2, 0.25) is 10.0 Å². The van der Waals surface area contributed by atoms with E-state index in [1.807, 2.05) is 13.8 Å². The molecule has 0 aliphatic heterocycles. The van der Waals surface area contributed by atoms with Crippen molar-refractivity contribution < 1.29 is 13.2 Å². The zero-order valence-electron chi connectivity index (χ0n) is 12.4. The molecule has 5 N–H and O–H groups in total. The molecule has 6 nitrogen and oxygen atoms in total. The molecule has 0 aliphatic rings. The van der Waals surface area contributed by atoms with Crippen LogP contribution in [0.15, 0.2) is 24.3 Å². The summed E-state index contributed by atoms with van der Waals surface area (Å²) in [6.45, 7) is 4.32. The van der Waals surface area contributed by atoms with Crippen molar-refractivity contribution in [3.8, 4) is 0 Å². The summed E-state index contributed by atoms with van der Waals surface area (Å²) in [6, 6.07) is 6.39. The van der Waals surface area contributed by atoms with Gasteiger partial charge in [-0.15, -0.1) is 0 Å². The first-order chi connectivity index (χ1) is 9.69. The number of carbonyl (C=O) groups excluding carboxylic acids is 1. The molecule has 0 saturated carbocycles. The fourth-order valence-corrected chi connectivity index (χ4v) is 2.54. The summed E-state index contributed by atoms with van der Waals surface area (Å²) < 4.78 is 22.2. The molecular weight excluding hydrogens is 290 g/mol. The highest BCUT2D eigenvalue weighted by Crippen LogP contribution is 2.11. The van der Waals surface area contributed by atoms with Gasteiger partial charge in [-0.1, -0.05) is 26.0 Å². The Morgan fingerprint density at radius 2 is 1.90 bits per heavy atom. The molecule has 0 bridgehead atoms. The molecule has 1 rings (SSSR count). The maximum atomic E-state index is 12.1. The van der Waals surface area contributed by atoms with Crippen LogP contribution in [0.3, 0.4) is 0 Å². The summed E-state index contributed by atoms with van der Waals surface area (Å²) in [6.07, 6.45) is 1.52. The predicted molar refractivity (Wildman–Crippen MR) is 83.1 cm³/mol. The molecule has 1 aromatic rings. The molecule has 0 saturated heterocycles. The third-order valence-electron chi connectivity index (χ3n) is 3.57. The second-order valence-corrected chi connectivity index (χ2v) is 6.87. The van der Waals surface area contributed by atoms with Gasteiger partial charge in [-0.25, -0.2) is 13.6 Å². The Hall–Kier alpha value is -1.44. The normalized spacial score (nSPS) is 12.2. The van der Waals surface area contributed by atoms with Gasteiger partial charge in [0.15, 0.2) is 0 Å². The Morgan fingerprint density at radius 3 is 2.43 bits per heavy atom. The van der Waals surface area contributed by atoms with Crippen LogP contribution in [0.1, 0.15) is 42.6 Å². The summed E-state index contributed by atoms with van der Waals surface area (Å²) in [5.41, 5.74) is 6.58. The largest absolute Gasteiger partial charge is 0.350 e. The Labute approximate surface area is 126 Å². The summed E-state index contributed by atoms with van der Waals surface area (Å²) in [4.78, 5) is 12.1. The van der Waals surface area contributed by atoms with Crippen LogP contribution in [0.25, 0.3) is 0 Å². The van der Waals surface area contributed by atoms with E-state index in [0.717, 1.165) is 12.8 Å². The zero-order valence-corrected chi connectivity index (χ0v) is 13.2. The van der Waals surface area contributed by atoms with Crippen molar-refractivity contribution in [2.24, 2.45) is 10.9 Å². The molecule has 0 atom stereocenters. The third-order valence-corrected chi connectivity index (χ3v) is 4.30. The lowest BCUT2D eigenvalue weighted by Gasteiger charge is -2.26. The standard InChI is InChI=1S/C14H23N3O3S/c1-3-14(15,4-2)10-17-13(18)12-7-5-6-11(8-12)9-21(16,19)20/h5-8H,3-4,9-10,15H2,1-2H3,(H,17,18)(H2,16,19,20). The number of nitrogens with one attached hydrogen (secondary N) is 1. The number of hydrogen-bond donors (Lipinski definition) is 3. The molecule has 0 unspecified atom stereocenters. The van der Waals surface area contributed by atoms with Crippen LogP contribution < -0.4 is 16.2 Å². The highest BCUT2D eigenvalue weighted by Gasteiger charge is 2.21. The Morgan fingerprint density at radius 1 is 1.29 bits per heavy atom. The fraction of sp³-hybridized carbons (Fsp3) is 0.500. The van der Waals surface area contributed by atoms with Crippen molar-refractivity contribution in [2.45, 2.75) is 38.0 Å². The highest BCUT2D eigenvalue weighted by atomic mass is 32.2. The third kappa shape index (κ3) is 5.82. The van der Waals surface area contributed by atoms with Crippen LogP contribution in [0.4, 0.5) is 0 Å². The topological polar surface area (TPSA) is 115 Å². The van der Waals surface area contributed by atoms with Gasteiger partial charge in [0.25, 0.3) is 5.91 Å². The van der Waals surface area contributed by atoms with Crippen LogP contribution in [0.2, 0.25) is 0 Å². The number of primary sulfonamides is 1. The summed E-state index contributed by atoms with van der Waals surface area (Å²) in [5.74, 6) is -0.568. The minimum absolute atomic E-state index is 0.275. The summed E-state index contributed by atoms with van der Waals surface area (Å²) in [5, 5.41) is 7.79. The van der Waals surface area contributed by atoms with E-state index in [1.165, 1.54) is 6.07 Å². The van der Waals surface area contributed by atoms with E-state index >= 15 is 0 Å². The van der Waals surface area contributed by atoms with Crippen molar-refractivity contribution in [2.75, 3.05) is 6.54 Å². The maximum Gasteiger partial charge on any atom is 0.251 e. The van der Waals surface area contributed by atoms with E-state index < -0.39 is 15.6 Å². The van der Waals surface area contributed by atoms with E-state index in [4.69, 9.17) is 10.9 Å². The van der Waals surface area contributed by atoms with Crippen LogP contribution in [0, 0.1) is 0 Å². The number of hydrogen-bond acceptors (Lipinski definition) is 4. The maximum absolute atomic E-state index is 12.1. The first kappa shape index (κ1) is 17.6. The molecule has 0 aromatic heterocycles. The molecule has 7 heteroatoms. The summed E-state index contributed by atoms with van der Waals surface area (Å²) >= 11 is 0. The molecule has 0 heterocycles. The molecule has 21 heavy (non-hydrogen) atoms. The molecule has 1 amide bonds. The molecular formula is C14H23N3O3S. The van der Waals surface area contributed by atoms with Gasteiger partial charge in [-0.2, -0.15) is 0 Å². The Bertz CT molecular complexity index is 595. The Balaban J connectivity index is 2.77. The molecule has 0 fully saturated rings. The number of nitrogens with two attached hydrogens (primary N) is 2. The minimum Gasteiger partial charge on any atom is -0.350 e. The van der Waals surface area contributed by atoms with Gasteiger partial charge in [0.1, 0.15) is 0 Å². The number of amides is 1. The smallest absolute Gasteiger partial charge is 0.251 e. The predicted octanol–water partition coefficient (Wildman–Crippen LogP) is 0.722. The number of benzene rings is 1. The monoisotopic (exact) mass is 313 g/mol. The summed E-state index contributed by atoms with van der Waals surface area (Å²) in [7, 11) is -3.61. The number of carbonyl (C=O) groups is 1. The average Bonchev–Trinajstić information content (AvgIpc) is 2.43. The van der Waals surface area contributed by atoms with Crippen molar-refractivity contribution in [3.05, 3.63) is 35.4 Å². The van der Waals surface area contributed by atoms with E-state index in [9.17, 15) is 13.2 Å². The lowest BCUT2D eigenvalue weighted by molar-refractivity contribution is 0.0942. The van der Waals surface area contributed by atoms with Gasteiger partial charge in [0.05, 0.1) is 5.75 Å². The second-order valence-electron chi connectivity index (χ2n) is 5.26. The first-order valence-electron chi connectivity index (χ1n) is 6.85. The average molecular weight is 313 g/mol. The fourth-order valence-electron chi connectivity index (χ4n) is 1.89. The van der Waals surface area contributed by atoms with Crippen molar-refractivity contribution in [1.82, 2.24) is 5.32 Å². The lowest BCUT2D eigenvalue weighted by atomic mass is 9.94. The van der Waals surface area contributed by atoms with Gasteiger partial charge >= 0.3 is 0 Å². The second kappa shape index (κ2) is 7.02. The van der Waals surface area contributed by atoms with Crippen LogP contribution in [-0.2, 0) is 15.8 Å². The quantitative estimate of drug-likeness (QED) is 0.688. The van der Waals surface area contributed by atoms with Gasteiger partial charge < -0.3 is 11.1 Å². The zero-order chi connectivity index (χ0) is 16.1. The SMILES string of the molecule is CCC(N)(CC)CNC(=O)c1cccc(CS(N)(=O)=O)c1. The van der Waals surface area contributed by atoms with E-state index in [1.54, 1.807) is 18.2 Å². The van der Waals surface area contributed by atoms with Crippen molar-refractivity contribution in [1.29, 1.82) is 0 Å². The van der Waals surface area contributed by atoms with Crippen molar-refractivity contribution in [3.63, 3.8) is 0 Å². The lowest BCUT2D eigenvalue weighted by Crippen LogP contribution is -2.49. The number of sulfonamides is 1. The van der Waals surface area contributed by atoms with Gasteiger partial charge in [-0.05, 0) is 30.5 Å². The molecule has 1 aromatic carbocycles. The first-order valence-corrected chi connectivity index (χ1v) is 8.57. The van der Waals surface area contributed by atoms with Gasteiger partial charge in [0, 0.05) is 17.6 Å². The van der Waals surface area contributed by atoms with E-state index in [2.05, 4.69) is 5.32 Å². The molecule has 0 spiro atoms.